The number of carbonyl (C=O) groups excluding carboxylic acids is 1. The van der Waals surface area contributed by atoms with Crippen LogP contribution in [0.5, 0.6) is 0 Å². The Hall–Kier alpha value is -1.61. The molecule has 5 rings (SSSR count). The largest absolute Gasteiger partial charge is 0.393 e. The van der Waals surface area contributed by atoms with E-state index < -0.39 is 0 Å². The fourth-order valence-electron chi connectivity index (χ4n) is 9.02. The standard InChI is InChI=1S/C26H38BN3O2/c1-16-3-4-21-19-7-10-25(2)20(18(19)8-11-26(21,27)24(16)32)5-6-22(25)23(31)9-12-30-15-17(13-28)14-29-30/h14-16,18-22,24,32H,3-12,27H2,1-2H3. The summed E-state index contributed by atoms with van der Waals surface area (Å²) >= 11 is 0. The number of fused-ring (bicyclic) bond motifs is 5. The molecule has 5 nitrogen and oxygen atoms in total. The van der Waals surface area contributed by atoms with Crippen LogP contribution in [-0.2, 0) is 11.3 Å². The van der Waals surface area contributed by atoms with Gasteiger partial charge in [0.1, 0.15) is 19.7 Å². The molecule has 4 saturated carbocycles. The quantitative estimate of drug-likeness (QED) is 0.731. The van der Waals surface area contributed by atoms with Crippen LogP contribution in [0.3, 0.4) is 0 Å². The normalized spacial score (nSPS) is 45.4. The summed E-state index contributed by atoms with van der Waals surface area (Å²) in [6, 6.07) is 2.10. The minimum atomic E-state index is -0.155. The lowest BCUT2D eigenvalue weighted by atomic mass is 9.39. The fraction of sp³-hybridized carbons (Fsp3) is 0.808. The van der Waals surface area contributed by atoms with Crippen LogP contribution >= 0.6 is 0 Å². The van der Waals surface area contributed by atoms with Crippen LogP contribution < -0.4 is 0 Å². The second-order valence-corrected chi connectivity index (χ2v) is 12.1. The van der Waals surface area contributed by atoms with E-state index in [1.165, 1.54) is 25.7 Å². The van der Waals surface area contributed by atoms with Crippen LogP contribution in [0.25, 0.3) is 0 Å². The van der Waals surface area contributed by atoms with E-state index in [1.807, 2.05) is 0 Å². The summed E-state index contributed by atoms with van der Waals surface area (Å²) in [6.07, 6.45) is 13.1. The maximum absolute atomic E-state index is 13.3. The van der Waals surface area contributed by atoms with Gasteiger partial charge in [0.15, 0.2) is 0 Å². The van der Waals surface area contributed by atoms with Crippen LogP contribution in [-0.4, -0.2) is 34.6 Å². The Morgan fingerprint density at radius 2 is 1.94 bits per heavy atom. The van der Waals surface area contributed by atoms with Crippen molar-refractivity contribution in [2.45, 2.75) is 89.6 Å². The van der Waals surface area contributed by atoms with E-state index in [4.69, 9.17) is 5.26 Å². The summed E-state index contributed by atoms with van der Waals surface area (Å²) < 4.78 is 1.74. The third-order valence-corrected chi connectivity index (χ3v) is 10.8. The van der Waals surface area contributed by atoms with E-state index in [0.717, 1.165) is 37.5 Å². The molecule has 1 heterocycles. The number of nitriles is 1. The summed E-state index contributed by atoms with van der Waals surface area (Å²) in [5.41, 5.74) is 0.685. The molecule has 32 heavy (non-hydrogen) atoms. The molecule has 4 aliphatic carbocycles. The van der Waals surface area contributed by atoms with Crippen molar-refractivity contribution in [2.24, 2.45) is 40.9 Å². The van der Waals surface area contributed by atoms with Crippen molar-refractivity contribution in [2.75, 3.05) is 0 Å². The highest BCUT2D eigenvalue weighted by molar-refractivity contribution is 6.16. The maximum atomic E-state index is 13.3. The predicted molar refractivity (Wildman–Crippen MR) is 125 cm³/mol. The molecular weight excluding hydrogens is 397 g/mol. The zero-order chi connectivity index (χ0) is 22.7. The first-order chi connectivity index (χ1) is 15.3. The number of rotatable bonds is 4. The molecule has 1 aromatic heterocycles. The monoisotopic (exact) mass is 435 g/mol. The van der Waals surface area contributed by atoms with Gasteiger partial charge >= 0.3 is 0 Å². The molecule has 1 N–H and O–H groups in total. The number of aryl methyl sites for hydroxylation is 1. The number of nitrogens with zero attached hydrogens (tertiary/aromatic N) is 3. The minimum Gasteiger partial charge on any atom is -0.393 e. The highest BCUT2D eigenvalue weighted by atomic mass is 16.3. The molecule has 0 aromatic carbocycles. The summed E-state index contributed by atoms with van der Waals surface area (Å²) in [6.45, 7) is 5.21. The zero-order valence-corrected chi connectivity index (χ0v) is 20.0. The van der Waals surface area contributed by atoms with Gasteiger partial charge in [-0.15, -0.1) is 0 Å². The summed E-state index contributed by atoms with van der Waals surface area (Å²) in [5, 5.41) is 24.4. The molecule has 6 heteroatoms. The van der Waals surface area contributed by atoms with Crippen molar-refractivity contribution in [3.05, 3.63) is 18.0 Å². The Morgan fingerprint density at radius 3 is 2.69 bits per heavy atom. The molecule has 0 spiro atoms. The van der Waals surface area contributed by atoms with Gasteiger partial charge in [-0.25, -0.2) is 0 Å². The van der Waals surface area contributed by atoms with E-state index in [0.29, 0.717) is 42.1 Å². The second kappa shape index (κ2) is 8.01. The van der Waals surface area contributed by atoms with Crippen LogP contribution in [0.1, 0.15) is 77.2 Å². The zero-order valence-electron chi connectivity index (χ0n) is 20.0. The number of ketones is 1. The van der Waals surface area contributed by atoms with Crippen molar-refractivity contribution in [3.8, 4) is 6.07 Å². The lowest BCUT2D eigenvalue weighted by Crippen LogP contribution is -2.55. The molecule has 0 saturated heterocycles. The topological polar surface area (TPSA) is 78.9 Å². The molecule has 0 bridgehead atoms. The van der Waals surface area contributed by atoms with Crippen molar-refractivity contribution >= 4 is 13.6 Å². The molecule has 0 aliphatic heterocycles. The summed E-state index contributed by atoms with van der Waals surface area (Å²) in [4.78, 5) is 13.3. The summed E-state index contributed by atoms with van der Waals surface area (Å²) in [7, 11) is 2.37. The number of hydrogen-bond donors (Lipinski definition) is 1. The SMILES string of the molecule is BC12CCC3C(CCC4(C)C(C(=O)CCn5cc(C#N)cn5)CCC34)C1CCC(C)C2O. The van der Waals surface area contributed by atoms with Gasteiger partial charge in [0.25, 0.3) is 0 Å². The van der Waals surface area contributed by atoms with Crippen molar-refractivity contribution in [3.63, 3.8) is 0 Å². The first kappa shape index (κ1) is 22.2. The molecule has 4 fully saturated rings. The van der Waals surface area contributed by atoms with Crippen molar-refractivity contribution < 1.29 is 9.90 Å². The summed E-state index contributed by atoms with van der Waals surface area (Å²) in [5.74, 6) is 3.77. The minimum absolute atomic E-state index is 0.0897. The number of hydrogen-bond acceptors (Lipinski definition) is 4. The predicted octanol–water partition coefficient (Wildman–Crippen LogP) is 3.77. The van der Waals surface area contributed by atoms with Gasteiger partial charge in [0, 0.05) is 25.1 Å². The van der Waals surface area contributed by atoms with Crippen molar-refractivity contribution in [1.29, 1.82) is 5.26 Å². The van der Waals surface area contributed by atoms with Gasteiger partial charge < -0.3 is 5.11 Å². The van der Waals surface area contributed by atoms with Gasteiger partial charge in [-0.3, -0.25) is 9.48 Å². The molecule has 0 radical (unpaired) electrons. The maximum Gasteiger partial charge on any atom is 0.138 e. The van der Waals surface area contributed by atoms with Crippen LogP contribution in [0, 0.1) is 52.3 Å². The van der Waals surface area contributed by atoms with E-state index in [1.54, 1.807) is 17.1 Å². The first-order valence-electron chi connectivity index (χ1n) is 12.9. The van der Waals surface area contributed by atoms with Gasteiger partial charge in [0.2, 0.25) is 0 Å². The molecule has 172 valence electrons. The highest BCUT2D eigenvalue weighted by Gasteiger charge is 2.61. The van der Waals surface area contributed by atoms with E-state index in [-0.39, 0.29) is 22.8 Å². The Balaban J connectivity index is 1.29. The van der Waals surface area contributed by atoms with Gasteiger partial charge in [-0.05, 0) is 85.3 Å². The van der Waals surface area contributed by atoms with Crippen molar-refractivity contribution in [1.82, 2.24) is 9.78 Å². The average Bonchev–Trinajstić information content (AvgIpc) is 3.39. The van der Waals surface area contributed by atoms with Gasteiger partial charge in [0.05, 0.1) is 17.9 Å². The second-order valence-electron chi connectivity index (χ2n) is 12.1. The van der Waals surface area contributed by atoms with Crippen LogP contribution in [0.15, 0.2) is 12.4 Å². The number of carbonyl (C=O) groups is 1. The molecular formula is C26H38BN3O2. The Kier molecular flexibility index (Phi) is 5.56. The molecule has 0 amide bonds. The fourth-order valence-corrected chi connectivity index (χ4v) is 9.02. The molecule has 1 aromatic rings. The van der Waals surface area contributed by atoms with Crippen LogP contribution in [0.2, 0.25) is 5.31 Å². The molecule has 9 unspecified atom stereocenters. The Bertz CT molecular complexity index is 924. The third-order valence-electron chi connectivity index (χ3n) is 10.8. The van der Waals surface area contributed by atoms with E-state index >= 15 is 0 Å². The lowest BCUT2D eigenvalue weighted by Gasteiger charge is -2.61. The number of aliphatic hydroxyl groups is 1. The van der Waals surface area contributed by atoms with Crippen LogP contribution in [0.4, 0.5) is 0 Å². The number of Topliss-reactive ketones (excluding diaryl/α,β-unsaturated/α-hetero) is 1. The highest BCUT2D eigenvalue weighted by Crippen LogP contribution is 2.68. The smallest absolute Gasteiger partial charge is 0.138 e. The average molecular weight is 435 g/mol. The lowest BCUT2D eigenvalue weighted by molar-refractivity contribution is -0.132. The van der Waals surface area contributed by atoms with E-state index in [2.05, 4.69) is 32.9 Å². The third kappa shape index (κ3) is 3.30. The Labute approximate surface area is 193 Å². The molecule has 4 aliphatic rings. The number of aromatic nitrogens is 2. The van der Waals surface area contributed by atoms with E-state index in [9.17, 15) is 9.90 Å². The van der Waals surface area contributed by atoms with Gasteiger partial charge in [-0.2, -0.15) is 10.4 Å². The number of aliphatic hydroxyl groups excluding tert-OH is 1. The molecule has 9 atom stereocenters. The van der Waals surface area contributed by atoms with Gasteiger partial charge in [-0.1, -0.05) is 20.3 Å². The first-order valence-corrected chi connectivity index (χ1v) is 12.9. The Morgan fingerprint density at radius 1 is 1.22 bits per heavy atom.